The van der Waals surface area contributed by atoms with Crippen LogP contribution in [0.3, 0.4) is 0 Å². The lowest BCUT2D eigenvalue weighted by Gasteiger charge is -2.26. The van der Waals surface area contributed by atoms with Crippen molar-refractivity contribution in [1.29, 1.82) is 0 Å². The van der Waals surface area contributed by atoms with Crippen LogP contribution in [0, 0.1) is 0 Å². The number of furan rings is 1. The normalized spacial score (nSPS) is 15.3. The van der Waals surface area contributed by atoms with Crippen LogP contribution in [0.4, 0.5) is 0 Å². The minimum Gasteiger partial charge on any atom is -0.463 e. The Bertz CT molecular complexity index is 1710. The van der Waals surface area contributed by atoms with E-state index in [1.165, 1.54) is 28.7 Å². The SMILES string of the molecule is CCCC1=C(C(=O)OCC)[C@@H](c2ccc(C(C)C)cc2)n2c(s/c(=C/c3ccc(Sc4ccccc4)o3)c2=O)=N1. The fourth-order valence-corrected chi connectivity index (χ4v) is 6.50. The highest BCUT2D eigenvalue weighted by molar-refractivity contribution is 7.99. The van der Waals surface area contributed by atoms with Crippen LogP contribution in [-0.2, 0) is 9.53 Å². The summed E-state index contributed by atoms with van der Waals surface area (Å²) in [7, 11) is 0. The Morgan fingerprint density at radius 2 is 1.85 bits per heavy atom. The fraction of sp³-hybridized carbons (Fsp3) is 0.281. The third kappa shape index (κ3) is 5.78. The molecule has 2 aromatic heterocycles. The number of esters is 1. The molecule has 8 heteroatoms. The molecule has 0 spiro atoms. The number of nitrogens with zero attached hydrogens (tertiary/aromatic N) is 2. The molecule has 0 saturated heterocycles. The van der Waals surface area contributed by atoms with Crippen LogP contribution in [-0.4, -0.2) is 17.1 Å². The number of ether oxygens (including phenoxy) is 1. The Labute approximate surface area is 241 Å². The summed E-state index contributed by atoms with van der Waals surface area (Å²) in [4.78, 5) is 33.7. The van der Waals surface area contributed by atoms with Gasteiger partial charge < -0.3 is 9.15 Å². The zero-order valence-corrected chi connectivity index (χ0v) is 24.7. The summed E-state index contributed by atoms with van der Waals surface area (Å²) in [6.07, 6.45) is 3.17. The van der Waals surface area contributed by atoms with Crippen LogP contribution >= 0.6 is 23.1 Å². The summed E-state index contributed by atoms with van der Waals surface area (Å²) in [5.41, 5.74) is 2.93. The maximum absolute atomic E-state index is 13.9. The molecule has 3 heterocycles. The third-order valence-corrected chi connectivity index (χ3v) is 8.56. The number of carbonyl (C=O) groups is 1. The summed E-state index contributed by atoms with van der Waals surface area (Å²) in [5, 5.41) is 0.739. The predicted molar refractivity (Wildman–Crippen MR) is 159 cm³/mol. The van der Waals surface area contributed by atoms with Crippen LogP contribution < -0.4 is 14.9 Å². The standard InChI is InChI=1S/C32H32N2O4S2/c1-5-10-25-28(31(36)37-6-2)29(22-15-13-21(14-16-22)20(3)4)34-30(35)26(40-32(34)33-25)19-23-17-18-27(38-23)39-24-11-8-7-9-12-24/h7-9,11-20,29H,5-6,10H2,1-4H3/b26-19+/t29-/m1/s1. The largest absolute Gasteiger partial charge is 0.463 e. The molecule has 0 aliphatic carbocycles. The highest BCUT2D eigenvalue weighted by Gasteiger charge is 2.34. The molecule has 40 heavy (non-hydrogen) atoms. The molecular weight excluding hydrogens is 540 g/mol. The van der Waals surface area contributed by atoms with Crippen molar-refractivity contribution < 1.29 is 13.9 Å². The molecule has 0 saturated carbocycles. The molecule has 2 aromatic carbocycles. The van der Waals surface area contributed by atoms with Crippen molar-refractivity contribution >= 4 is 35.1 Å². The Balaban J connectivity index is 1.62. The first kappa shape index (κ1) is 27.9. The molecule has 0 radical (unpaired) electrons. The number of fused-ring (bicyclic) bond motifs is 1. The summed E-state index contributed by atoms with van der Waals surface area (Å²) in [6, 6.07) is 21.3. The van der Waals surface area contributed by atoms with E-state index in [0.717, 1.165) is 22.0 Å². The van der Waals surface area contributed by atoms with Gasteiger partial charge in [0.2, 0.25) is 0 Å². The maximum Gasteiger partial charge on any atom is 0.338 e. The molecule has 5 rings (SSSR count). The quantitative estimate of drug-likeness (QED) is 0.216. The van der Waals surface area contributed by atoms with Crippen LogP contribution in [0.2, 0.25) is 0 Å². The Kier molecular flexibility index (Phi) is 8.57. The molecule has 206 valence electrons. The maximum atomic E-state index is 13.9. The summed E-state index contributed by atoms with van der Waals surface area (Å²) in [5.74, 6) is 0.514. The van der Waals surface area contributed by atoms with E-state index in [1.54, 1.807) is 17.6 Å². The van der Waals surface area contributed by atoms with E-state index in [2.05, 4.69) is 32.9 Å². The molecule has 1 atom stereocenters. The van der Waals surface area contributed by atoms with E-state index in [-0.39, 0.29) is 12.2 Å². The molecular formula is C32H32N2O4S2. The highest BCUT2D eigenvalue weighted by atomic mass is 32.2. The molecule has 0 amide bonds. The monoisotopic (exact) mass is 572 g/mol. The number of hydrogen-bond acceptors (Lipinski definition) is 7. The lowest BCUT2D eigenvalue weighted by Crippen LogP contribution is -2.40. The van der Waals surface area contributed by atoms with Gasteiger partial charge in [-0.1, -0.05) is 92.8 Å². The molecule has 1 aliphatic rings. The minimum atomic E-state index is -0.624. The number of benzene rings is 2. The van der Waals surface area contributed by atoms with E-state index < -0.39 is 12.0 Å². The number of hydrogen-bond donors (Lipinski definition) is 0. The summed E-state index contributed by atoms with van der Waals surface area (Å²) in [6.45, 7) is 8.36. The van der Waals surface area contributed by atoms with E-state index in [1.807, 2.05) is 54.6 Å². The van der Waals surface area contributed by atoms with Crippen molar-refractivity contribution in [2.24, 2.45) is 4.99 Å². The van der Waals surface area contributed by atoms with E-state index in [0.29, 0.717) is 38.7 Å². The van der Waals surface area contributed by atoms with Gasteiger partial charge in [-0.05, 0) is 54.7 Å². The number of aromatic nitrogens is 1. The van der Waals surface area contributed by atoms with Gasteiger partial charge in [-0.25, -0.2) is 9.79 Å². The number of rotatable bonds is 9. The van der Waals surface area contributed by atoms with E-state index in [4.69, 9.17) is 14.1 Å². The second-order valence-corrected chi connectivity index (χ2v) is 11.9. The fourth-order valence-electron chi connectivity index (χ4n) is 4.70. The van der Waals surface area contributed by atoms with Crippen molar-refractivity contribution in [3.05, 3.63) is 115 Å². The molecule has 0 N–H and O–H groups in total. The van der Waals surface area contributed by atoms with Gasteiger partial charge in [-0.2, -0.15) is 0 Å². The summed E-state index contributed by atoms with van der Waals surface area (Å²) < 4.78 is 13.6. The summed E-state index contributed by atoms with van der Waals surface area (Å²) >= 11 is 2.83. The van der Waals surface area contributed by atoms with Gasteiger partial charge in [-0.3, -0.25) is 9.36 Å². The minimum absolute atomic E-state index is 0.215. The number of allylic oxidation sites excluding steroid dienone is 1. The van der Waals surface area contributed by atoms with E-state index >= 15 is 0 Å². The van der Waals surface area contributed by atoms with Gasteiger partial charge in [0.15, 0.2) is 9.89 Å². The van der Waals surface area contributed by atoms with Gasteiger partial charge in [-0.15, -0.1) is 0 Å². The molecule has 4 aromatic rings. The zero-order chi connectivity index (χ0) is 28.2. The van der Waals surface area contributed by atoms with Crippen molar-refractivity contribution in [2.75, 3.05) is 6.61 Å². The smallest absolute Gasteiger partial charge is 0.338 e. The van der Waals surface area contributed by atoms with Crippen molar-refractivity contribution in [3.63, 3.8) is 0 Å². The van der Waals surface area contributed by atoms with Gasteiger partial charge >= 0.3 is 5.97 Å². The van der Waals surface area contributed by atoms with Crippen LogP contribution in [0.5, 0.6) is 0 Å². The van der Waals surface area contributed by atoms with Crippen LogP contribution in [0.15, 0.2) is 102 Å². The first-order chi connectivity index (χ1) is 19.4. The van der Waals surface area contributed by atoms with Gasteiger partial charge in [0.05, 0.1) is 28.5 Å². The van der Waals surface area contributed by atoms with E-state index in [9.17, 15) is 9.59 Å². The van der Waals surface area contributed by atoms with Crippen LogP contribution in [0.25, 0.3) is 6.08 Å². The van der Waals surface area contributed by atoms with Gasteiger partial charge in [0.25, 0.3) is 5.56 Å². The Hall–Kier alpha value is -3.62. The molecule has 0 bridgehead atoms. The average Bonchev–Trinajstić information content (AvgIpc) is 3.52. The van der Waals surface area contributed by atoms with Crippen molar-refractivity contribution in [1.82, 2.24) is 4.57 Å². The zero-order valence-electron chi connectivity index (χ0n) is 23.0. The van der Waals surface area contributed by atoms with Crippen molar-refractivity contribution in [2.45, 2.75) is 62.5 Å². The molecule has 1 aliphatic heterocycles. The first-order valence-corrected chi connectivity index (χ1v) is 15.2. The first-order valence-electron chi connectivity index (χ1n) is 13.5. The molecule has 0 unspecified atom stereocenters. The average molecular weight is 573 g/mol. The van der Waals surface area contributed by atoms with Gasteiger partial charge in [0, 0.05) is 11.0 Å². The molecule has 0 fully saturated rings. The lowest BCUT2D eigenvalue weighted by atomic mass is 9.92. The second kappa shape index (κ2) is 12.3. The number of carbonyl (C=O) groups excluding carboxylic acids is 1. The predicted octanol–water partition coefficient (Wildman–Crippen LogP) is 6.45. The highest BCUT2D eigenvalue weighted by Crippen LogP contribution is 2.33. The third-order valence-electron chi connectivity index (χ3n) is 6.65. The lowest BCUT2D eigenvalue weighted by molar-refractivity contribution is -0.139. The van der Waals surface area contributed by atoms with Crippen LogP contribution in [0.1, 0.15) is 69.4 Å². The van der Waals surface area contributed by atoms with Gasteiger partial charge in [0.1, 0.15) is 5.76 Å². The molecule has 6 nitrogen and oxygen atoms in total. The second-order valence-electron chi connectivity index (χ2n) is 9.81. The topological polar surface area (TPSA) is 73.8 Å². The van der Waals surface area contributed by atoms with Crippen molar-refractivity contribution in [3.8, 4) is 0 Å². The number of thiazole rings is 1. The Morgan fingerprint density at radius 3 is 2.52 bits per heavy atom. The Morgan fingerprint density at radius 1 is 1.10 bits per heavy atom.